The molecule has 1 aromatic carbocycles. The van der Waals surface area contributed by atoms with E-state index in [-0.39, 0.29) is 12.6 Å². The molecule has 1 fully saturated rings. The zero-order valence-corrected chi connectivity index (χ0v) is 11.2. The topological polar surface area (TPSA) is 78.9 Å². The third-order valence-corrected chi connectivity index (χ3v) is 3.12. The lowest BCUT2D eigenvalue weighted by molar-refractivity contribution is -0.139. The maximum absolute atomic E-state index is 11.6. The Morgan fingerprint density at radius 3 is 2.50 bits per heavy atom. The van der Waals surface area contributed by atoms with E-state index in [9.17, 15) is 9.59 Å². The Balaban J connectivity index is 1.70. The Labute approximate surface area is 117 Å². The molecule has 0 unspecified atom stereocenters. The quantitative estimate of drug-likeness (QED) is 0.817. The molecule has 1 saturated heterocycles. The summed E-state index contributed by atoms with van der Waals surface area (Å²) in [5.41, 5.74) is 1.07. The number of carbonyl (C=O) groups is 2. The first-order valence-electron chi connectivity index (χ1n) is 6.61. The normalized spacial score (nSPS) is 13.5. The zero-order chi connectivity index (χ0) is 14.4. The second-order valence-corrected chi connectivity index (χ2v) is 4.65. The molecule has 1 aliphatic heterocycles. The molecule has 1 aromatic rings. The number of aliphatic carboxylic acids is 1. The minimum atomic E-state index is -0.997. The van der Waals surface area contributed by atoms with E-state index in [2.05, 4.69) is 5.32 Å². The van der Waals surface area contributed by atoms with Crippen molar-refractivity contribution in [2.45, 2.75) is 12.8 Å². The van der Waals surface area contributed by atoms with Gasteiger partial charge in [-0.1, -0.05) is 12.1 Å². The molecular weight excluding hydrogens is 260 g/mol. The van der Waals surface area contributed by atoms with Gasteiger partial charge in [0.1, 0.15) is 5.75 Å². The predicted molar refractivity (Wildman–Crippen MR) is 72.9 cm³/mol. The SMILES string of the molecule is O=C(O)COc1ccc(CCNC(=O)N2CCC2)cc1. The Bertz CT molecular complexity index is 469. The number of ether oxygens (including phenoxy) is 1. The molecule has 0 aliphatic carbocycles. The van der Waals surface area contributed by atoms with Crippen LogP contribution in [0.2, 0.25) is 0 Å². The number of benzene rings is 1. The summed E-state index contributed by atoms with van der Waals surface area (Å²) in [6.45, 7) is 1.94. The van der Waals surface area contributed by atoms with Crippen LogP contribution in [0, 0.1) is 0 Å². The Hall–Kier alpha value is -2.24. The van der Waals surface area contributed by atoms with Crippen molar-refractivity contribution in [2.75, 3.05) is 26.2 Å². The highest BCUT2D eigenvalue weighted by Crippen LogP contribution is 2.12. The third kappa shape index (κ3) is 4.15. The van der Waals surface area contributed by atoms with Crippen molar-refractivity contribution in [1.82, 2.24) is 10.2 Å². The van der Waals surface area contributed by atoms with Crippen LogP contribution in [0.3, 0.4) is 0 Å². The molecule has 1 aliphatic rings. The van der Waals surface area contributed by atoms with Gasteiger partial charge in [0.2, 0.25) is 0 Å². The molecule has 108 valence electrons. The summed E-state index contributed by atoms with van der Waals surface area (Å²) in [6.07, 6.45) is 1.82. The van der Waals surface area contributed by atoms with Crippen molar-refractivity contribution in [2.24, 2.45) is 0 Å². The second-order valence-electron chi connectivity index (χ2n) is 4.65. The van der Waals surface area contributed by atoms with Crippen molar-refractivity contribution < 1.29 is 19.4 Å². The summed E-state index contributed by atoms with van der Waals surface area (Å²) in [4.78, 5) is 23.7. The van der Waals surface area contributed by atoms with Crippen LogP contribution in [-0.4, -0.2) is 48.2 Å². The molecule has 0 bridgehead atoms. The van der Waals surface area contributed by atoms with Gasteiger partial charge in [0.05, 0.1) is 0 Å². The standard InChI is InChI=1S/C14H18N2O4/c17-13(18)10-20-12-4-2-11(3-5-12)6-7-15-14(19)16-8-1-9-16/h2-5H,1,6-10H2,(H,15,19)(H,17,18). The van der Waals surface area contributed by atoms with Crippen molar-refractivity contribution >= 4 is 12.0 Å². The highest BCUT2D eigenvalue weighted by Gasteiger charge is 2.19. The van der Waals surface area contributed by atoms with Crippen LogP contribution >= 0.6 is 0 Å². The number of nitrogens with zero attached hydrogens (tertiary/aromatic N) is 1. The van der Waals surface area contributed by atoms with E-state index in [1.54, 1.807) is 17.0 Å². The van der Waals surface area contributed by atoms with E-state index >= 15 is 0 Å². The number of likely N-dealkylation sites (tertiary alicyclic amines) is 1. The zero-order valence-electron chi connectivity index (χ0n) is 11.2. The van der Waals surface area contributed by atoms with Gasteiger partial charge in [0, 0.05) is 19.6 Å². The summed E-state index contributed by atoms with van der Waals surface area (Å²) >= 11 is 0. The van der Waals surface area contributed by atoms with E-state index < -0.39 is 5.97 Å². The largest absolute Gasteiger partial charge is 0.482 e. The van der Waals surface area contributed by atoms with Crippen LogP contribution in [0.4, 0.5) is 4.79 Å². The third-order valence-electron chi connectivity index (χ3n) is 3.12. The molecule has 0 aromatic heterocycles. The lowest BCUT2D eigenvalue weighted by Gasteiger charge is -2.30. The van der Waals surface area contributed by atoms with Crippen LogP contribution in [0.5, 0.6) is 5.75 Å². The number of carboxylic acid groups (broad SMARTS) is 1. The summed E-state index contributed by atoms with van der Waals surface area (Å²) in [5, 5.41) is 11.4. The van der Waals surface area contributed by atoms with Crippen molar-refractivity contribution in [3.05, 3.63) is 29.8 Å². The lowest BCUT2D eigenvalue weighted by Crippen LogP contribution is -2.48. The lowest BCUT2D eigenvalue weighted by atomic mass is 10.1. The molecule has 6 nitrogen and oxygen atoms in total. The summed E-state index contributed by atoms with van der Waals surface area (Å²) < 4.78 is 5.04. The van der Waals surface area contributed by atoms with Gasteiger partial charge in [-0.2, -0.15) is 0 Å². The van der Waals surface area contributed by atoms with Gasteiger partial charge in [0.25, 0.3) is 0 Å². The molecule has 0 atom stereocenters. The molecule has 2 rings (SSSR count). The van der Waals surface area contributed by atoms with Gasteiger partial charge in [-0.25, -0.2) is 9.59 Å². The number of hydrogen-bond donors (Lipinski definition) is 2. The van der Waals surface area contributed by atoms with Gasteiger partial charge in [-0.3, -0.25) is 0 Å². The number of nitrogens with one attached hydrogen (secondary N) is 1. The van der Waals surface area contributed by atoms with E-state index in [4.69, 9.17) is 9.84 Å². The Kier molecular flexibility index (Phi) is 4.81. The molecule has 0 radical (unpaired) electrons. The highest BCUT2D eigenvalue weighted by molar-refractivity contribution is 5.74. The molecule has 0 spiro atoms. The summed E-state index contributed by atoms with van der Waals surface area (Å²) in [5.74, 6) is -0.469. The van der Waals surface area contributed by atoms with Crippen molar-refractivity contribution in [3.63, 3.8) is 0 Å². The molecule has 2 N–H and O–H groups in total. The monoisotopic (exact) mass is 278 g/mol. The van der Waals surface area contributed by atoms with Gasteiger partial charge in [0.15, 0.2) is 6.61 Å². The van der Waals surface area contributed by atoms with Crippen molar-refractivity contribution in [1.29, 1.82) is 0 Å². The van der Waals surface area contributed by atoms with E-state index in [1.165, 1.54) is 0 Å². The van der Waals surface area contributed by atoms with Crippen LogP contribution in [0.25, 0.3) is 0 Å². The number of rotatable bonds is 6. The van der Waals surface area contributed by atoms with Gasteiger partial charge >= 0.3 is 12.0 Å². The first kappa shape index (κ1) is 14.2. The van der Waals surface area contributed by atoms with E-state index in [1.807, 2.05) is 12.1 Å². The fourth-order valence-corrected chi connectivity index (χ4v) is 1.84. The first-order valence-corrected chi connectivity index (χ1v) is 6.61. The van der Waals surface area contributed by atoms with Gasteiger partial charge in [-0.15, -0.1) is 0 Å². The minimum absolute atomic E-state index is 0.00217. The maximum Gasteiger partial charge on any atom is 0.341 e. The number of urea groups is 1. The summed E-state index contributed by atoms with van der Waals surface area (Å²) in [7, 11) is 0. The predicted octanol–water partition coefficient (Wildman–Crippen LogP) is 1.11. The summed E-state index contributed by atoms with van der Waals surface area (Å²) in [6, 6.07) is 7.20. The molecule has 0 saturated carbocycles. The Morgan fingerprint density at radius 2 is 1.95 bits per heavy atom. The second kappa shape index (κ2) is 6.79. The molecule has 20 heavy (non-hydrogen) atoms. The van der Waals surface area contributed by atoms with Crippen LogP contribution in [0.1, 0.15) is 12.0 Å². The smallest absolute Gasteiger partial charge is 0.341 e. The average Bonchev–Trinajstić information content (AvgIpc) is 2.35. The Morgan fingerprint density at radius 1 is 1.25 bits per heavy atom. The van der Waals surface area contributed by atoms with Crippen molar-refractivity contribution in [3.8, 4) is 5.75 Å². The van der Waals surface area contributed by atoms with Crippen LogP contribution < -0.4 is 10.1 Å². The van der Waals surface area contributed by atoms with E-state index in [0.717, 1.165) is 31.5 Å². The molecule has 2 amide bonds. The molecule has 1 heterocycles. The highest BCUT2D eigenvalue weighted by atomic mass is 16.5. The van der Waals surface area contributed by atoms with Gasteiger partial charge in [-0.05, 0) is 30.5 Å². The van der Waals surface area contributed by atoms with Gasteiger partial charge < -0.3 is 20.1 Å². The average molecular weight is 278 g/mol. The molecular formula is C14H18N2O4. The number of carboxylic acids is 1. The molecule has 6 heteroatoms. The number of hydrogen-bond acceptors (Lipinski definition) is 3. The van der Waals surface area contributed by atoms with Crippen LogP contribution in [-0.2, 0) is 11.2 Å². The number of amides is 2. The minimum Gasteiger partial charge on any atom is -0.482 e. The fraction of sp³-hybridized carbons (Fsp3) is 0.429. The fourth-order valence-electron chi connectivity index (χ4n) is 1.84. The maximum atomic E-state index is 11.6. The number of carbonyl (C=O) groups excluding carboxylic acids is 1. The van der Waals surface area contributed by atoms with E-state index in [0.29, 0.717) is 12.3 Å². The van der Waals surface area contributed by atoms with Crippen LogP contribution in [0.15, 0.2) is 24.3 Å². The first-order chi connectivity index (χ1) is 9.65.